The molecule has 0 atom stereocenters. The predicted molar refractivity (Wildman–Crippen MR) is 150 cm³/mol. The summed E-state index contributed by atoms with van der Waals surface area (Å²) in [6.07, 6.45) is 35.2. The standard InChI is InChI=1S/C34H52/c1-3-5-7-11-29-14-16-30(17-15-29)12-8-9-13-31-18-20-32(21-19-31)34-26-23-33(24-27-34,25-28-34)22-10-6-4-2/h8-9,12-13,18-21,29-30H,3-7,10-11,14-17,22-28H2,1-2H3/t29-,30-,33?,34?. The molecule has 4 aliphatic rings. The quantitative estimate of drug-likeness (QED) is 0.215. The fourth-order valence-corrected chi connectivity index (χ4v) is 7.51. The first-order chi connectivity index (χ1) is 16.7. The SMILES string of the molecule is CCCCCC12CCC(c3ccc(C=CC=C[C@H]4CC[C@H](CCCCC)CC4)cc3)(CC1)CC2. The second kappa shape index (κ2) is 12.6. The van der Waals surface area contributed by atoms with E-state index in [2.05, 4.69) is 62.4 Å². The first-order valence-electron chi connectivity index (χ1n) is 15.1. The van der Waals surface area contributed by atoms with Gasteiger partial charge in [0.2, 0.25) is 0 Å². The Balaban J connectivity index is 1.22. The van der Waals surface area contributed by atoms with Crippen molar-refractivity contribution in [2.45, 2.75) is 135 Å². The van der Waals surface area contributed by atoms with Gasteiger partial charge in [0.15, 0.2) is 0 Å². The average Bonchev–Trinajstić information content (AvgIpc) is 2.89. The Morgan fingerprint density at radius 1 is 0.735 bits per heavy atom. The van der Waals surface area contributed by atoms with Crippen LogP contribution in [0.4, 0.5) is 0 Å². The highest BCUT2D eigenvalue weighted by Crippen LogP contribution is 2.59. The Labute approximate surface area is 211 Å². The highest BCUT2D eigenvalue weighted by Gasteiger charge is 2.48. The lowest BCUT2D eigenvalue weighted by Crippen LogP contribution is -2.44. The summed E-state index contributed by atoms with van der Waals surface area (Å²) in [4.78, 5) is 0. The number of fused-ring (bicyclic) bond motifs is 3. The van der Waals surface area contributed by atoms with E-state index < -0.39 is 0 Å². The zero-order valence-corrected chi connectivity index (χ0v) is 22.5. The summed E-state index contributed by atoms with van der Waals surface area (Å²) in [6.45, 7) is 4.65. The van der Waals surface area contributed by atoms with E-state index >= 15 is 0 Å². The van der Waals surface area contributed by atoms with Crippen molar-refractivity contribution >= 4 is 6.08 Å². The van der Waals surface area contributed by atoms with Gasteiger partial charge < -0.3 is 0 Å². The molecule has 0 saturated heterocycles. The van der Waals surface area contributed by atoms with Crippen LogP contribution in [0.3, 0.4) is 0 Å². The van der Waals surface area contributed by atoms with Crippen LogP contribution >= 0.6 is 0 Å². The summed E-state index contributed by atoms with van der Waals surface area (Å²) in [5, 5.41) is 0. The van der Waals surface area contributed by atoms with E-state index in [9.17, 15) is 0 Å². The molecule has 0 nitrogen and oxygen atoms in total. The smallest absolute Gasteiger partial charge is 0.00463 e. The maximum absolute atomic E-state index is 2.48. The largest absolute Gasteiger partial charge is 0.0814 e. The number of unbranched alkanes of at least 4 members (excludes halogenated alkanes) is 4. The van der Waals surface area contributed by atoms with Crippen LogP contribution in [-0.2, 0) is 5.41 Å². The zero-order chi connectivity index (χ0) is 23.7. The normalized spacial score (nSPS) is 31.6. The van der Waals surface area contributed by atoms with Crippen molar-refractivity contribution < 1.29 is 0 Å². The second-order valence-electron chi connectivity index (χ2n) is 12.4. The molecule has 0 spiro atoms. The third-order valence-corrected chi connectivity index (χ3v) is 10.1. The van der Waals surface area contributed by atoms with Gasteiger partial charge in [0.05, 0.1) is 0 Å². The van der Waals surface area contributed by atoms with E-state index in [1.165, 1.54) is 121 Å². The molecule has 0 amide bonds. The molecule has 1 aromatic rings. The van der Waals surface area contributed by atoms with Gasteiger partial charge in [-0.3, -0.25) is 0 Å². The summed E-state index contributed by atoms with van der Waals surface area (Å²) in [5.41, 5.74) is 4.17. The van der Waals surface area contributed by atoms with Crippen molar-refractivity contribution in [3.05, 3.63) is 53.6 Å². The fraction of sp³-hybridized carbons (Fsp3) is 0.706. The summed E-state index contributed by atoms with van der Waals surface area (Å²) in [6, 6.07) is 9.65. The minimum Gasteiger partial charge on any atom is -0.0814 e. The van der Waals surface area contributed by atoms with Gasteiger partial charge >= 0.3 is 0 Å². The van der Waals surface area contributed by atoms with Crippen LogP contribution in [0, 0.1) is 17.3 Å². The highest BCUT2D eigenvalue weighted by atomic mass is 14.5. The minimum absolute atomic E-state index is 0.490. The maximum Gasteiger partial charge on any atom is -0.00463 e. The summed E-state index contributed by atoms with van der Waals surface area (Å²) < 4.78 is 0. The molecular formula is C34H52. The molecule has 4 aliphatic carbocycles. The molecule has 2 bridgehead atoms. The van der Waals surface area contributed by atoms with E-state index in [0.717, 1.165) is 11.8 Å². The van der Waals surface area contributed by atoms with Crippen molar-refractivity contribution in [2.75, 3.05) is 0 Å². The summed E-state index contributed by atoms with van der Waals surface area (Å²) in [7, 11) is 0. The molecule has 0 heteroatoms. The molecule has 5 rings (SSSR count). The van der Waals surface area contributed by atoms with Crippen LogP contribution in [0.5, 0.6) is 0 Å². The molecule has 0 aliphatic heterocycles. The van der Waals surface area contributed by atoms with Gasteiger partial charge in [0, 0.05) is 0 Å². The molecular weight excluding hydrogens is 408 g/mol. The van der Waals surface area contributed by atoms with E-state index in [-0.39, 0.29) is 0 Å². The molecule has 4 saturated carbocycles. The van der Waals surface area contributed by atoms with Crippen molar-refractivity contribution in [3.63, 3.8) is 0 Å². The fourth-order valence-electron chi connectivity index (χ4n) is 7.51. The molecule has 0 N–H and O–H groups in total. The van der Waals surface area contributed by atoms with Gasteiger partial charge in [-0.2, -0.15) is 0 Å². The Morgan fingerprint density at radius 3 is 2.03 bits per heavy atom. The third kappa shape index (κ3) is 6.67. The van der Waals surface area contributed by atoms with Crippen LogP contribution in [0.15, 0.2) is 42.5 Å². The van der Waals surface area contributed by atoms with Crippen molar-refractivity contribution in [2.24, 2.45) is 17.3 Å². The van der Waals surface area contributed by atoms with Gasteiger partial charge in [0.1, 0.15) is 0 Å². The predicted octanol–water partition coefficient (Wildman–Crippen LogP) is 10.8. The Hall–Kier alpha value is -1.30. The maximum atomic E-state index is 2.48. The molecule has 0 radical (unpaired) electrons. The minimum atomic E-state index is 0.490. The summed E-state index contributed by atoms with van der Waals surface area (Å²) in [5.74, 6) is 1.82. The molecule has 188 valence electrons. The number of hydrogen-bond donors (Lipinski definition) is 0. The lowest BCUT2D eigenvalue weighted by molar-refractivity contribution is 0.0305. The highest BCUT2D eigenvalue weighted by molar-refractivity contribution is 5.52. The molecule has 0 aromatic heterocycles. The molecule has 0 unspecified atom stereocenters. The average molecular weight is 461 g/mol. The van der Waals surface area contributed by atoms with Gasteiger partial charge in [-0.25, -0.2) is 0 Å². The van der Waals surface area contributed by atoms with Crippen LogP contribution in [0.25, 0.3) is 6.08 Å². The van der Waals surface area contributed by atoms with Gasteiger partial charge in [-0.05, 0) is 104 Å². The topological polar surface area (TPSA) is 0 Å². The molecule has 1 aromatic carbocycles. The van der Waals surface area contributed by atoms with E-state index in [1.54, 1.807) is 5.56 Å². The van der Waals surface area contributed by atoms with Gasteiger partial charge in [-0.15, -0.1) is 0 Å². The Morgan fingerprint density at radius 2 is 1.38 bits per heavy atom. The molecule has 4 fully saturated rings. The first-order valence-corrected chi connectivity index (χ1v) is 15.1. The van der Waals surface area contributed by atoms with Crippen molar-refractivity contribution in [1.29, 1.82) is 0 Å². The second-order valence-corrected chi connectivity index (χ2v) is 12.4. The van der Waals surface area contributed by atoms with E-state index in [0.29, 0.717) is 10.8 Å². The number of hydrogen-bond acceptors (Lipinski definition) is 0. The van der Waals surface area contributed by atoms with E-state index in [4.69, 9.17) is 0 Å². The van der Waals surface area contributed by atoms with Crippen LogP contribution < -0.4 is 0 Å². The van der Waals surface area contributed by atoms with Crippen molar-refractivity contribution in [1.82, 2.24) is 0 Å². The van der Waals surface area contributed by atoms with Crippen LogP contribution in [0.2, 0.25) is 0 Å². The number of allylic oxidation sites excluding steroid dienone is 3. The van der Waals surface area contributed by atoms with Crippen molar-refractivity contribution in [3.8, 4) is 0 Å². The first kappa shape index (κ1) is 25.8. The lowest BCUT2D eigenvalue weighted by Gasteiger charge is -2.54. The molecule has 34 heavy (non-hydrogen) atoms. The third-order valence-electron chi connectivity index (χ3n) is 10.1. The number of rotatable bonds is 12. The summed E-state index contributed by atoms with van der Waals surface area (Å²) >= 11 is 0. The van der Waals surface area contributed by atoms with Crippen LogP contribution in [-0.4, -0.2) is 0 Å². The Kier molecular flexibility index (Phi) is 9.55. The zero-order valence-electron chi connectivity index (χ0n) is 22.5. The lowest BCUT2D eigenvalue weighted by atomic mass is 9.51. The Bertz CT molecular complexity index is 746. The van der Waals surface area contributed by atoms with Gasteiger partial charge in [-0.1, -0.05) is 107 Å². The monoisotopic (exact) mass is 460 g/mol. The van der Waals surface area contributed by atoms with E-state index in [1.807, 2.05) is 0 Å². The molecule has 0 heterocycles. The number of benzene rings is 1. The van der Waals surface area contributed by atoms with Crippen LogP contribution in [0.1, 0.15) is 141 Å². The van der Waals surface area contributed by atoms with Gasteiger partial charge in [0.25, 0.3) is 0 Å².